The van der Waals surface area contributed by atoms with E-state index in [-0.39, 0.29) is 0 Å². The highest BCUT2D eigenvalue weighted by Crippen LogP contribution is 2.65. The lowest BCUT2D eigenvalue weighted by molar-refractivity contribution is -0.103. The minimum atomic E-state index is 0.501. The molecule has 2 N–H and O–H groups in total. The van der Waals surface area contributed by atoms with Crippen LogP contribution < -0.4 is 5.73 Å². The van der Waals surface area contributed by atoms with Crippen molar-refractivity contribution in [3.05, 3.63) is 0 Å². The van der Waals surface area contributed by atoms with Crippen LogP contribution in [0.1, 0.15) is 78.1 Å². The number of hydrogen-bond donors (Lipinski definition) is 1. The summed E-state index contributed by atoms with van der Waals surface area (Å²) >= 11 is 0. The molecule has 4 aliphatic carbocycles. The lowest BCUT2D eigenvalue weighted by Gasteiger charge is -2.60. The molecule has 0 radical (unpaired) electrons. The van der Waals surface area contributed by atoms with Crippen molar-refractivity contribution in [3.8, 4) is 0 Å². The van der Waals surface area contributed by atoms with Gasteiger partial charge in [0.25, 0.3) is 0 Å². The second-order valence-electron chi connectivity index (χ2n) is 9.30. The van der Waals surface area contributed by atoms with Gasteiger partial charge in [0.2, 0.25) is 0 Å². The molecule has 7 atom stereocenters. The van der Waals surface area contributed by atoms with E-state index >= 15 is 0 Å². The zero-order valence-electron chi connectivity index (χ0n) is 13.5. The van der Waals surface area contributed by atoms with Gasteiger partial charge in [-0.05, 0) is 85.9 Å². The van der Waals surface area contributed by atoms with Gasteiger partial charge >= 0.3 is 0 Å². The maximum atomic E-state index is 6.37. The fraction of sp³-hybridized carbons (Fsp3) is 1.00. The third-order valence-electron chi connectivity index (χ3n) is 8.39. The first-order valence-corrected chi connectivity index (χ1v) is 9.28. The highest BCUT2D eigenvalue weighted by molar-refractivity contribution is 5.08. The molecule has 0 aromatic rings. The molecule has 1 nitrogen and oxygen atoms in total. The summed E-state index contributed by atoms with van der Waals surface area (Å²) in [4.78, 5) is 0. The van der Waals surface area contributed by atoms with Gasteiger partial charge in [0, 0.05) is 6.04 Å². The maximum absolute atomic E-state index is 6.37. The number of fused-ring (bicyclic) bond motifs is 5. The van der Waals surface area contributed by atoms with E-state index in [1.54, 1.807) is 0 Å². The molecule has 114 valence electrons. The van der Waals surface area contributed by atoms with Crippen LogP contribution in [-0.2, 0) is 0 Å². The van der Waals surface area contributed by atoms with Crippen molar-refractivity contribution in [3.63, 3.8) is 0 Å². The Balaban J connectivity index is 1.64. The largest absolute Gasteiger partial charge is 0.328 e. The first-order chi connectivity index (χ1) is 9.53. The summed E-state index contributed by atoms with van der Waals surface area (Å²) < 4.78 is 0. The predicted octanol–water partition coefficient (Wildman–Crippen LogP) is 4.75. The van der Waals surface area contributed by atoms with Crippen LogP contribution in [0.4, 0.5) is 0 Å². The molecule has 0 amide bonds. The van der Waals surface area contributed by atoms with Crippen LogP contribution in [0.5, 0.6) is 0 Å². The number of hydrogen-bond acceptors (Lipinski definition) is 1. The Morgan fingerprint density at radius 3 is 2.60 bits per heavy atom. The van der Waals surface area contributed by atoms with Gasteiger partial charge in [0.1, 0.15) is 0 Å². The molecular formula is C19H33N. The normalized spacial score (nSPS) is 58.6. The van der Waals surface area contributed by atoms with Gasteiger partial charge < -0.3 is 5.73 Å². The van der Waals surface area contributed by atoms with Crippen LogP contribution in [0.15, 0.2) is 0 Å². The van der Waals surface area contributed by atoms with E-state index in [4.69, 9.17) is 5.73 Å². The van der Waals surface area contributed by atoms with Gasteiger partial charge in [-0.1, -0.05) is 26.7 Å². The quantitative estimate of drug-likeness (QED) is 0.678. The molecule has 0 spiro atoms. The smallest absolute Gasteiger partial charge is 0.00470 e. The summed E-state index contributed by atoms with van der Waals surface area (Å²) in [5.41, 5.74) is 7.65. The monoisotopic (exact) mass is 275 g/mol. The third kappa shape index (κ3) is 1.77. The first-order valence-electron chi connectivity index (χ1n) is 9.28. The summed E-state index contributed by atoms with van der Waals surface area (Å²) in [5.74, 6) is 4.06. The van der Waals surface area contributed by atoms with Crippen molar-refractivity contribution >= 4 is 0 Å². The van der Waals surface area contributed by atoms with E-state index in [1.165, 1.54) is 64.2 Å². The minimum Gasteiger partial charge on any atom is -0.328 e. The summed E-state index contributed by atoms with van der Waals surface area (Å²) in [5, 5.41) is 0. The molecule has 0 saturated heterocycles. The summed E-state index contributed by atoms with van der Waals surface area (Å²) in [6, 6.07) is 0.501. The average molecular weight is 275 g/mol. The molecular weight excluding hydrogens is 242 g/mol. The van der Waals surface area contributed by atoms with E-state index in [1.807, 2.05) is 0 Å². The van der Waals surface area contributed by atoms with Gasteiger partial charge in [0.15, 0.2) is 0 Å². The van der Waals surface area contributed by atoms with Gasteiger partial charge in [-0.2, -0.15) is 0 Å². The average Bonchev–Trinajstić information content (AvgIpc) is 2.72. The van der Waals surface area contributed by atoms with E-state index in [0.717, 1.165) is 23.7 Å². The highest BCUT2D eigenvalue weighted by Gasteiger charge is 2.58. The maximum Gasteiger partial charge on any atom is 0.00470 e. The summed E-state index contributed by atoms with van der Waals surface area (Å²) in [7, 11) is 0. The van der Waals surface area contributed by atoms with Crippen LogP contribution in [0.25, 0.3) is 0 Å². The Morgan fingerprint density at radius 2 is 1.75 bits per heavy atom. The van der Waals surface area contributed by atoms with Crippen LogP contribution in [0, 0.1) is 34.5 Å². The molecule has 4 saturated carbocycles. The fourth-order valence-electron chi connectivity index (χ4n) is 7.41. The van der Waals surface area contributed by atoms with Gasteiger partial charge in [-0.25, -0.2) is 0 Å². The Kier molecular flexibility index (Phi) is 3.05. The predicted molar refractivity (Wildman–Crippen MR) is 84.3 cm³/mol. The molecule has 4 fully saturated rings. The van der Waals surface area contributed by atoms with Gasteiger partial charge in [0.05, 0.1) is 0 Å². The Morgan fingerprint density at radius 1 is 0.900 bits per heavy atom. The molecule has 4 rings (SSSR count). The second-order valence-corrected chi connectivity index (χ2v) is 9.30. The Hall–Kier alpha value is -0.0400. The van der Waals surface area contributed by atoms with Crippen molar-refractivity contribution in [2.45, 2.75) is 84.1 Å². The van der Waals surface area contributed by atoms with E-state index in [9.17, 15) is 0 Å². The van der Waals surface area contributed by atoms with Crippen molar-refractivity contribution in [1.82, 2.24) is 0 Å². The summed E-state index contributed by atoms with van der Waals surface area (Å²) in [6.07, 6.45) is 14.7. The lowest BCUT2D eigenvalue weighted by Crippen LogP contribution is -2.51. The van der Waals surface area contributed by atoms with E-state index in [0.29, 0.717) is 16.9 Å². The molecule has 0 aromatic heterocycles. The molecule has 2 unspecified atom stereocenters. The Bertz CT molecular complexity index is 391. The van der Waals surface area contributed by atoms with Crippen LogP contribution in [0.2, 0.25) is 0 Å². The van der Waals surface area contributed by atoms with Gasteiger partial charge in [-0.15, -0.1) is 0 Å². The SMILES string of the molecule is C[C@]12CC[C@@H]3[C@@H](CCC4CCCC[C@@]43C)[C@@H]1CC(N)C2. The topological polar surface area (TPSA) is 26.0 Å². The molecule has 0 aromatic carbocycles. The molecule has 0 heterocycles. The standard InChI is InChI=1S/C19H33N/c1-18-10-8-16-15(17(18)11-14(20)12-18)7-6-13-5-3-4-9-19(13,16)2/h13-17H,3-12,20H2,1-2H3/t13?,14?,15-,16-,17+,18-,19+/m1/s1. The first kappa shape index (κ1) is 13.6. The van der Waals surface area contributed by atoms with E-state index < -0.39 is 0 Å². The van der Waals surface area contributed by atoms with Crippen LogP contribution >= 0.6 is 0 Å². The van der Waals surface area contributed by atoms with Crippen molar-refractivity contribution in [1.29, 1.82) is 0 Å². The third-order valence-corrected chi connectivity index (χ3v) is 8.39. The molecule has 0 bridgehead atoms. The van der Waals surface area contributed by atoms with Crippen molar-refractivity contribution < 1.29 is 0 Å². The van der Waals surface area contributed by atoms with Crippen LogP contribution in [-0.4, -0.2) is 6.04 Å². The fourth-order valence-corrected chi connectivity index (χ4v) is 7.41. The zero-order valence-corrected chi connectivity index (χ0v) is 13.5. The van der Waals surface area contributed by atoms with Crippen molar-refractivity contribution in [2.75, 3.05) is 0 Å². The minimum absolute atomic E-state index is 0.501. The highest BCUT2D eigenvalue weighted by atomic mass is 14.7. The molecule has 0 aliphatic heterocycles. The van der Waals surface area contributed by atoms with E-state index in [2.05, 4.69) is 13.8 Å². The molecule has 1 heteroatoms. The van der Waals surface area contributed by atoms with Crippen molar-refractivity contribution in [2.24, 2.45) is 40.2 Å². The number of rotatable bonds is 0. The molecule has 20 heavy (non-hydrogen) atoms. The van der Waals surface area contributed by atoms with Crippen LogP contribution in [0.3, 0.4) is 0 Å². The number of nitrogens with two attached hydrogens (primary N) is 1. The Labute approximate surface area is 125 Å². The lowest BCUT2D eigenvalue weighted by atomic mass is 9.45. The second kappa shape index (κ2) is 4.48. The zero-order chi connectivity index (χ0) is 14.0. The molecule has 4 aliphatic rings. The summed E-state index contributed by atoms with van der Waals surface area (Å²) in [6.45, 7) is 5.24. The van der Waals surface area contributed by atoms with Gasteiger partial charge in [-0.3, -0.25) is 0 Å².